The summed E-state index contributed by atoms with van der Waals surface area (Å²) in [6.45, 7) is 5.13. The molecule has 1 N–H and O–H groups in total. The van der Waals surface area contributed by atoms with Crippen LogP contribution in [0.4, 0.5) is 0 Å². The van der Waals surface area contributed by atoms with Gasteiger partial charge in [-0.25, -0.2) is 0 Å². The predicted octanol–water partition coefficient (Wildman–Crippen LogP) is 4.49. The van der Waals surface area contributed by atoms with Crippen molar-refractivity contribution >= 4 is 0 Å². The average molecular weight is 278 g/mol. The summed E-state index contributed by atoms with van der Waals surface area (Å²) in [6, 6.07) is 2.50. The van der Waals surface area contributed by atoms with Gasteiger partial charge in [-0.3, -0.25) is 4.98 Å². The number of unbranched alkanes of at least 4 members (excludes halogenated alkanes) is 4. The minimum absolute atomic E-state index is 0.384. The molecular weight excluding hydrogens is 248 g/mol. The zero-order valence-corrected chi connectivity index (χ0v) is 13.3. The monoisotopic (exact) mass is 278 g/mol. The Hall–Kier alpha value is -1.09. The second kappa shape index (κ2) is 10.7. The van der Waals surface area contributed by atoms with Gasteiger partial charge in [-0.1, -0.05) is 46.0 Å². The van der Waals surface area contributed by atoms with E-state index in [4.69, 9.17) is 4.74 Å². The van der Waals surface area contributed by atoms with Crippen LogP contribution in [-0.4, -0.2) is 18.6 Å². The summed E-state index contributed by atoms with van der Waals surface area (Å²) >= 11 is 0. The van der Waals surface area contributed by atoms with E-state index in [1.165, 1.54) is 44.1 Å². The Morgan fingerprint density at radius 1 is 1.10 bits per heavy atom. The highest BCUT2D eigenvalue weighted by atomic mass is 16.5. The molecule has 114 valence electrons. The molecule has 3 nitrogen and oxygen atoms in total. The van der Waals surface area contributed by atoms with Gasteiger partial charge >= 0.3 is 0 Å². The quantitative estimate of drug-likeness (QED) is 0.605. The average Bonchev–Trinajstić information content (AvgIpc) is 2.49. The molecule has 0 radical (unpaired) electrons. The first-order chi connectivity index (χ1) is 9.81. The third-order valence-electron chi connectivity index (χ3n) is 3.55. The lowest BCUT2D eigenvalue weighted by atomic mass is 10.0. The van der Waals surface area contributed by atoms with Gasteiger partial charge in [0.25, 0.3) is 0 Å². The molecule has 0 aromatic carbocycles. The summed E-state index contributed by atoms with van der Waals surface area (Å²) in [5.74, 6) is 0.885. The second-order valence-electron chi connectivity index (χ2n) is 5.35. The highest BCUT2D eigenvalue weighted by Gasteiger charge is 2.10. The number of ether oxygens (including phenoxy) is 1. The highest BCUT2D eigenvalue weighted by Crippen LogP contribution is 2.22. The fraction of sp³-hybridized carbons (Fsp3) is 0.706. The molecule has 0 aliphatic heterocycles. The maximum Gasteiger partial charge on any atom is 0.137 e. The Labute approximate surface area is 124 Å². The van der Waals surface area contributed by atoms with Crippen molar-refractivity contribution in [1.82, 2.24) is 10.3 Å². The largest absolute Gasteiger partial charge is 0.492 e. The van der Waals surface area contributed by atoms with Crippen LogP contribution in [0, 0.1) is 0 Å². The first kappa shape index (κ1) is 17.0. The predicted molar refractivity (Wildman–Crippen MR) is 85.2 cm³/mol. The summed E-state index contributed by atoms with van der Waals surface area (Å²) < 4.78 is 5.66. The normalized spacial score (nSPS) is 12.3. The van der Waals surface area contributed by atoms with E-state index in [0.717, 1.165) is 18.8 Å². The zero-order chi connectivity index (χ0) is 14.6. The molecule has 20 heavy (non-hydrogen) atoms. The number of hydrogen-bond acceptors (Lipinski definition) is 3. The molecule has 0 aliphatic rings. The van der Waals surface area contributed by atoms with Gasteiger partial charge in [-0.05, 0) is 31.5 Å². The van der Waals surface area contributed by atoms with Crippen molar-refractivity contribution in [2.45, 2.75) is 64.8 Å². The molecule has 0 saturated heterocycles. The van der Waals surface area contributed by atoms with E-state index >= 15 is 0 Å². The van der Waals surface area contributed by atoms with Crippen molar-refractivity contribution in [2.24, 2.45) is 0 Å². The smallest absolute Gasteiger partial charge is 0.137 e. The second-order valence-corrected chi connectivity index (χ2v) is 5.35. The van der Waals surface area contributed by atoms with Crippen molar-refractivity contribution in [3.8, 4) is 5.75 Å². The van der Waals surface area contributed by atoms with E-state index < -0.39 is 0 Å². The summed E-state index contributed by atoms with van der Waals surface area (Å²) in [7, 11) is 2.02. The number of hydrogen-bond donors (Lipinski definition) is 1. The number of rotatable bonds is 11. The number of nitrogens with one attached hydrogen (secondary N) is 1. The molecule has 0 spiro atoms. The van der Waals surface area contributed by atoms with Crippen LogP contribution in [0.15, 0.2) is 18.5 Å². The molecule has 1 aromatic heterocycles. The van der Waals surface area contributed by atoms with E-state index in [1.807, 2.05) is 13.2 Å². The van der Waals surface area contributed by atoms with Crippen LogP contribution in [0.25, 0.3) is 0 Å². The molecule has 0 fully saturated rings. The topological polar surface area (TPSA) is 34.2 Å². The van der Waals surface area contributed by atoms with Gasteiger partial charge in [-0.15, -0.1) is 0 Å². The maximum absolute atomic E-state index is 5.66. The van der Waals surface area contributed by atoms with Gasteiger partial charge in [0.1, 0.15) is 5.75 Å². The summed E-state index contributed by atoms with van der Waals surface area (Å²) in [6.07, 6.45) is 12.5. The molecule has 3 heteroatoms. The summed E-state index contributed by atoms with van der Waals surface area (Å²) in [5, 5.41) is 3.40. The highest BCUT2D eigenvalue weighted by molar-refractivity contribution is 5.26. The number of pyridine rings is 1. The van der Waals surface area contributed by atoms with Gasteiger partial charge in [0.15, 0.2) is 0 Å². The van der Waals surface area contributed by atoms with Crippen molar-refractivity contribution in [1.29, 1.82) is 0 Å². The van der Waals surface area contributed by atoms with Crippen LogP contribution in [-0.2, 0) is 0 Å². The third kappa shape index (κ3) is 6.38. The molecule has 1 atom stereocenters. The van der Waals surface area contributed by atoms with Crippen LogP contribution < -0.4 is 10.1 Å². The van der Waals surface area contributed by atoms with E-state index in [0.29, 0.717) is 6.04 Å². The van der Waals surface area contributed by atoms with Gasteiger partial charge < -0.3 is 10.1 Å². The first-order valence-corrected chi connectivity index (χ1v) is 8.06. The van der Waals surface area contributed by atoms with Crippen LogP contribution in [0.3, 0.4) is 0 Å². The molecule has 0 aliphatic carbocycles. The Kier molecular flexibility index (Phi) is 9.05. The van der Waals surface area contributed by atoms with Crippen LogP contribution in [0.5, 0.6) is 5.75 Å². The van der Waals surface area contributed by atoms with Gasteiger partial charge in [0.2, 0.25) is 0 Å². The van der Waals surface area contributed by atoms with Gasteiger partial charge in [-0.2, -0.15) is 0 Å². The van der Waals surface area contributed by atoms with Crippen LogP contribution in [0.2, 0.25) is 0 Å². The zero-order valence-electron chi connectivity index (χ0n) is 13.3. The third-order valence-corrected chi connectivity index (χ3v) is 3.55. The molecule has 0 bridgehead atoms. The van der Waals surface area contributed by atoms with E-state index in [2.05, 4.69) is 30.2 Å². The number of aromatic nitrogens is 1. The minimum Gasteiger partial charge on any atom is -0.492 e. The first-order valence-electron chi connectivity index (χ1n) is 8.06. The Balaban J connectivity index is 2.47. The standard InChI is InChI=1S/C17H30N2O/c1-4-6-7-8-9-10-17(18-3)15-12-16(14-19-13-15)20-11-5-2/h12-14,17-18H,4-11H2,1-3H3. The van der Waals surface area contributed by atoms with Crippen LogP contribution >= 0.6 is 0 Å². The minimum atomic E-state index is 0.384. The van der Waals surface area contributed by atoms with Crippen molar-refractivity contribution in [2.75, 3.05) is 13.7 Å². The molecule has 1 rings (SSSR count). The van der Waals surface area contributed by atoms with Gasteiger partial charge in [0, 0.05) is 12.2 Å². The fourth-order valence-corrected chi connectivity index (χ4v) is 2.35. The lowest BCUT2D eigenvalue weighted by Gasteiger charge is -2.17. The van der Waals surface area contributed by atoms with Crippen molar-refractivity contribution in [3.05, 3.63) is 24.0 Å². The summed E-state index contributed by atoms with van der Waals surface area (Å²) in [4.78, 5) is 4.30. The lowest BCUT2D eigenvalue weighted by Crippen LogP contribution is -2.16. The summed E-state index contributed by atoms with van der Waals surface area (Å²) in [5.41, 5.74) is 1.23. The van der Waals surface area contributed by atoms with E-state index in [9.17, 15) is 0 Å². The molecule has 0 amide bonds. The Morgan fingerprint density at radius 2 is 1.90 bits per heavy atom. The molecule has 1 unspecified atom stereocenters. The van der Waals surface area contributed by atoms with Crippen molar-refractivity contribution in [3.63, 3.8) is 0 Å². The SMILES string of the molecule is CCCCCCCC(NC)c1cncc(OCCC)c1. The Bertz CT molecular complexity index is 355. The Morgan fingerprint density at radius 3 is 2.60 bits per heavy atom. The van der Waals surface area contributed by atoms with E-state index in [-0.39, 0.29) is 0 Å². The van der Waals surface area contributed by atoms with Crippen LogP contribution in [0.1, 0.15) is 70.4 Å². The molecule has 1 aromatic rings. The maximum atomic E-state index is 5.66. The van der Waals surface area contributed by atoms with E-state index in [1.54, 1.807) is 6.20 Å². The van der Waals surface area contributed by atoms with Gasteiger partial charge in [0.05, 0.1) is 12.8 Å². The number of nitrogens with zero attached hydrogens (tertiary/aromatic N) is 1. The molecular formula is C17H30N2O. The van der Waals surface area contributed by atoms with Crippen molar-refractivity contribution < 1.29 is 4.74 Å². The molecule has 1 heterocycles. The fourth-order valence-electron chi connectivity index (χ4n) is 2.35. The lowest BCUT2D eigenvalue weighted by molar-refractivity contribution is 0.315. The molecule has 0 saturated carbocycles.